The van der Waals surface area contributed by atoms with Crippen LogP contribution in [0.5, 0.6) is 0 Å². The van der Waals surface area contributed by atoms with Crippen molar-refractivity contribution in [2.24, 2.45) is 0 Å². The summed E-state index contributed by atoms with van der Waals surface area (Å²) in [6.45, 7) is 2.92. The van der Waals surface area contributed by atoms with Crippen LogP contribution in [-0.2, 0) is 24.2 Å². The maximum Gasteiger partial charge on any atom is 0.240 e. The summed E-state index contributed by atoms with van der Waals surface area (Å²) >= 11 is 0. The van der Waals surface area contributed by atoms with E-state index in [1.54, 1.807) is 6.20 Å². The lowest BCUT2D eigenvalue weighted by atomic mass is 9.91. The first kappa shape index (κ1) is 21.9. The van der Waals surface area contributed by atoms with Crippen LogP contribution in [0.15, 0.2) is 89.6 Å². The smallest absolute Gasteiger partial charge is 0.240 e. The molecule has 0 spiro atoms. The summed E-state index contributed by atoms with van der Waals surface area (Å²) < 4.78 is 5.98. The maximum atomic E-state index is 13.5. The molecule has 2 aromatic carbocycles. The van der Waals surface area contributed by atoms with Crippen molar-refractivity contribution >= 4 is 27.8 Å². The Kier molecular flexibility index (Phi) is 6.14. The second-order valence-electron chi connectivity index (χ2n) is 8.80. The fraction of sp³-hybridized carbons (Fsp3) is 0.214. The van der Waals surface area contributed by atoms with Gasteiger partial charge in [0.25, 0.3) is 0 Å². The average molecular weight is 453 g/mol. The van der Waals surface area contributed by atoms with Crippen LogP contribution in [0.2, 0.25) is 0 Å². The Balaban J connectivity index is 1.34. The van der Waals surface area contributed by atoms with Crippen molar-refractivity contribution in [1.29, 1.82) is 0 Å². The van der Waals surface area contributed by atoms with Gasteiger partial charge in [0.1, 0.15) is 11.3 Å². The minimum atomic E-state index is -0.839. The van der Waals surface area contributed by atoms with E-state index in [9.17, 15) is 4.79 Å². The monoisotopic (exact) mass is 452 g/mol. The number of nitrogens with zero attached hydrogens (tertiary/aromatic N) is 1. The highest BCUT2D eigenvalue weighted by molar-refractivity contribution is 5.89. The van der Waals surface area contributed by atoms with Crippen molar-refractivity contribution < 1.29 is 9.21 Å². The van der Waals surface area contributed by atoms with Crippen LogP contribution in [0.4, 0.5) is 0 Å². The van der Waals surface area contributed by atoms with Crippen LogP contribution in [0.25, 0.3) is 21.9 Å². The van der Waals surface area contributed by atoms with Gasteiger partial charge in [-0.3, -0.25) is 15.1 Å². The van der Waals surface area contributed by atoms with Gasteiger partial charge in [0.2, 0.25) is 5.91 Å². The van der Waals surface area contributed by atoms with E-state index in [0.29, 0.717) is 25.9 Å². The van der Waals surface area contributed by atoms with E-state index < -0.39 is 5.54 Å². The average Bonchev–Trinajstić information content (AvgIpc) is 3.47. The van der Waals surface area contributed by atoms with E-state index in [4.69, 9.17) is 4.42 Å². The molecule has 0 saturated heterocycles. The highest BCUT2D eigenvalue weighted by atomic mass is 16.3. The lowest BCUT2D eigenvalue weighted by molar-refractivity contribution is -0.127. The molecule has 0 aliphatic carbocycles. The molecule has 0 radical (unpaired) electrons. The van der Waals surface area contributed by atoms with Crippen LogP contribution < -0.4 is 10.6 Å². The number of pyridine rings is 1. The third kappa shape index (κ3) is 4.72. The molecule has 1 atom stereocenters. The number of rotatable bonds is 9. The summed E-state index contributed by atoms with van der Waals surface area (Å²) in [7, 11) is 0. The van der Waals surface area contributed by atoms with E-state index in [-0.39, 0.29) is 5.91 Å². The molecule has 3 N–H and O–H groups in total. The molecule has 172 valence electrons. The van der Waals surface area contributed by atoms with Gasteiger partial charge in [-0.1, -0.05) is 42.5 Å². The molecule has 6 nitrogen and oxygen atoms in total. The van der Waals surface area contributed by atoms with Crippen molar-refractivity contribution in [2.45, 2.75) is 31.8 Å². The quantitative estimate of drug-likeness (QED) is 0.301. The number of para-hydroxylation sites is 2. The highest BCUT2D eigenvalue weighted by Crippen LogP contribution is 2.24. The van der Waals surface area contributed by atoms with E-state index in [1.165, 1.54) is 0 Å². The molecule has 3 heterocycles. The summed E-state index contributed by atoms with van der Waals surface area (Å²) in [5.74, 6) is 0.748. The van der Waals surface area contributed by atoms with Gasteiger partial charge < -0.3 is 14.7 Å². The van der Waals surface area contributed by atoms with Crippen molar-refractivity contribution in [1.82, 2.24) is 20.6 Å². The molecule has 34 heavy (non-hydrogen) atoms. The number of aromatic nitrogens is 2. The molecule has 0 fully saturated rings. The van der Waals surface area contributed by atoms with Gasteiger partial charge >= 0.3 is 0 Å². The minimum Gasteiger partial charge on any atom is -0.460 e. The molecule has 5 rings (SSSR count). The van der Waals surface area contributed by atoms with Crippen molar-refractivity contribution in [2.75, 3.05) is 6.54 Å². The Morgan fingerprint density at radius 2 is 1.88 bits per heavy atom. The van der Waals surface area contributed by atoms with Crippen LogP contribution in [0.3, 0.4) is 0 Å². The molecule has 1 unspecified atom stereocenters. The van der Waals surface area contributed by atoms with Gasteiger partial charge in [-0.15, -0.1) is 0 Å². The number of hydrogen-bond acceptors (Lipinski definition) is 4. The molecule has 1 amide bonds. The summed E-state index contributed by atoms with van der Waals surface area (Å²) in [5.41, 5.74) is 3.12. The van der Waals surface area contributed by atoms with E-state index in [2.05, 4.69) is 26.7 Å². The van der Waals surface area contributed by atoms with Gasteiger partial charge in [0, 0.05) is 53.8 Å². The van der Waals surface area contributed by atoms with Crippen molar-refractivity contribution in [3.8, 4) is 0 Å². The Bertz CT molecular complexity index is 1370. The van der Waals surface area contributed by atoms with Crippen molar-refractivity contribution in [3.05, 3.63) is 102 Å². The summed E-state index contributed by atoms with van der Waals surface area (Å²) in [6, 6.07) is 23.9. The molecule has 6 heteroatoms. The lowest BCUT2D eigenvalue weighted by Crippen LogP contribution is -2.56. The topological polar surface area (TPSA) is 83.0 Å². The number of carbonyl (C=O) groups excluding carboxylic acids is 1. The zero-order chi connectivity index (χ0) is 23.4. The zero-order valence-corrected chi connectivity index (χ0v) is 19.2. The number of amides is 1. The van der Waals surface area contributed by atoms with Gasteiger partial charge in [0.15, 0.2) is 0 Å². The Hall–Kier alpha value is -3.90. The molecule has 0 aliphatic rings. The number of hydrogen-bond donors (Lipinski definition) is 3. The molecule has 5 aromatic rings. The van der Waals surface area contributed by atoms with Crippen molar-refractivity contribution in [3.63, 3.8) is 0 Å². The Morgan fingerprint density at radius 1 is 1.06 bits per heavy atom. The Morgan fingerprint density at radius 3 is 2.74 bits per heavy atom. The minimum absolute atomic E-state index is 0.0511. The number of H-pyrrole nitrogens is 1. The van der Waals surface area contributed by atoms with E-state index >= 15 is 0 Å². The predicted molar refractivity (Wildman–Crippen MR) is 134 cm³/mol. The van der Waals surface area contributed by atoms with Crippen LogP contribution >= 0.6 is 0 Å². The molecular formula is C28H28N4O2. The van der Waals surface area contributed by atoms with Crippen LogP contribution in [-0.4, -0.2) is 28.0 Å². The van der Waals surface area contributed by atoms with Gasteiger partial charge in [-0.2, -0.15) is 0 Å². The standard InChI is InChI=1S/C28H28N4O2/c1-28(17-21-18-31-25-11-4-3-10-24(21)25,27(33)30-15-13-22-9-6-7-14-29-22)32-19-23-16-20-8-2-5-12-26(20)34-23/h2-12,14,16,18,31-32H,13,15,17,19H2,1H3,(H,30,33). The van der Waals surface area contributed by atoms with Crippen LogP contribution in [0, 0.1) is 0 Å². The fourth-order valence-corrected chi connectivity index (χ4v) is 4.33. The van der Waals surface area contributed by atoms with Crippen LogP contribution in [0.1, 0.15) is 23.9 Å². The van der Waals surface area contributed by atoms with Gasteiger partial charge in [0.05, 0.1) is 12.1 Å². The number of fused-ring (bicyclic) bond motifs is 2. The first-order chi connectivity index (χ1) is 16.6. The number of carbonyl (C=O) groups is 1. The Labute approximate surface area is 198 Å². The molecule has 0 saturated carbocycles. The maximum absolute atomic E-state index is 13.5. The first-order valence-electron chi connectivity index (χ1n) is 11.6. The fourth-order valence-electron chi connectivity index (χ4n) is 4.33. The third-order valence-corrected chi connectivity index (χ3v) is 6.24. The van der Waals surface area contributed by atoms with E-state index in [0.717, 1.165) is 38.9 Å². The highest BCUT2D eigenvalue weighted by Gasteiger charge is 2.34. The number of furan rings is 1. The summed E-state index contributed by atoms with van der Waals surface area (Å²) in [6.07, 6.45) is 4.98. The predicted octanol–water partition coefficient (Wildman–Crippen LogP) is 4.76. The summed E-state index contributed by atoms with van der Waals surface area (Å²) in [4.78, 5) is 21.1. The molecule has 3 aromatic heterocycles. The number of aromatic amines is 1. The third-order valence-electron chi connectivity index (χ3n) is 6.24. The molecule has 0 bridgehead atoms. The van der Waals surface area contributed by atoms with E-state index in [1.807, 2.05) is 79.9 Å². The summed E-state index contributed by atoms with van der Waals surface area (Å²) in [5, 5.41) is 8.78. The second-order valence-corrected chi connectivity index (χ2v) is 8.80. The molecular weight excluding hydrogens is 424 g/mol. The molecule has 0 aliphatic heterocycles. The SMILES string of the molecule is CC(Cc1c[nH]c2ccccc12)(NCc1cc2ccccc2o1)C(=O)NCCc1ccccn1. The van der Waals surface area contributed by atoms with Gasteiger partial charge in [-0.25, -0.2) is 0 Å². The normalized spacial score (nSPS) is 13.2. The first-order valence-corrected chi connectivity index (χ1v) is 11.6. The zero-order valence-electron chi connectivity index (χ0n) is 19.2. The number of nitrogens with one attached hydrogen (secondary N) is 3. The number of benzene rings is 2. The van der Waals surface area contributed by atoms with Gasteiger partial charge in [-0.05, 0) is 42.8 Å². The lowest BCUT2D eigenvalue weighted by Gasteiger charge is -2.29. The largest absolute Gasteiger partial charge is 0.460 e. The second kappa shape index (κ2) is 9.53.